The molecule has 1 amide bonds. The number of anilines is 1. The van der Waals surface area contributed by atoms with Crippen molar-refractivity contribution in [2.75, 3.05) is 37.6 Å². The SMILES string of the molecule is O=C(NCC1CC1)[C@]12CCCN(S(=O)(=O)C3CC3)C[C@H]1CN(c1ncccn1)C2. The lowest BCUT2D eigenvalue weighted by atomic mass is 9.74. The van der Waals surface area contributed by atoms with E-state index in [1.54, 1.807) is 22.8 Å². The van der Waals surface area contributed by atoms with Crippen molar-refractivity contribution >= 4 is 21.9 Å². The van der Waals surface area contributed by atoms with Crippen molar-refractivity contribution in [1.82, 2.24) is 19.6 Å². The fourth-order valence-corrected chi connectivity index (χ4v) is 6.84. The molecule has 5 rings (SSSR count). The highest BCUT2D eigenvalue weighted by Crippen LogP contribution is 2.45. The lowest BCUT2D eigenvalue weighted by molar-refractivity contribution is -0.132. The van der Waals surface area contributed by atoms with Crippen LogP contribution < -0.4 is 10.2 Å². The largest absolute Gasteiger partial charge is 0.355 e. The van der Waals surface area contributed by atoms with Crippen molar-refractivity contribution in [2.24, 2.45) is 17.3 Å². The van der Waals surface area contributed by atoms with Gasteiger partial charge in [0.25, 0.3) is 0 Å². The number of nitrogens with one attached hydrogen (secondary N) is 1. The summed E-state index contributed by atoms with van der Waals surface area (Å²) in [6.07, 6.45) is 8.74. The van der Waals surface area contributed by atoms with Crippen molar-refractivity contribution in [3.8, 4) is 0 Å². The van der Waals surface area contributed by atoms with E-state index in [0.717, 1.165) is 19.4 Å². The monoisotopic (exact) mass is 419 g/mol. The molecule has 158 valence electrons. The van der Waals surface area contributed by atoms with Gasteiger partial charge in [-0.1, -0.05) is 0 Å². The zero-order chi connectivity index (χ0) is 20.1. The molecule has 2 aliphatic heterocycles. The highest BCUT2D eigenvalue weighted by atomic mass is 32.2. The Morgan fingerprint density at radius 1 is 1.17 bits per heavy atom. The van der Waals surface area contributed by atoms with Gasteiger partial charge in [-0.3, -0.25) is 4.79 Å². The van der Waals surface area contributed by atoms with E-state index in [-0.39, 0.29) is 17.1 Å². The van der Waals surface area contributed by atoms with Crippen molar-refractivity contribution in [3.05, 3.63) is 18.5 Å². The molecule has 4 fully saturated rings. The van der Waals surface area contributed by atoms with Crippen LogP contribution in [0.3, 0.4) is 0 Å². The second kappa shape index (κ2) is 7.19. The van der Waals surface area contributed by atoms with Crippen molar-refractivity contribution in [3.63, 3.8) is 0 Å². The first kappa shape index (κ1) is 19.2. The number of nitrogens with zero attached hydrogens (tertiary/aromatic N) is 4. The lowest BCUT2D eigenvalue weighted by Crippen LogP contribution is -2.48. The predicted octanol–water partition coefficient (Wildman–Crippen LogP) is 1.01. The molecule has 0 bridgehead atoms. The topological polar surface area (TPSA) is 95.5 Å². The van der Waals surface area contributed by atoms with Gasteiger partial charge in [0.1, 0.15) is 0 Å². The molecule has 0 aromatic carbocycles. The number of amides is 1. The van der Waals surface area contributed by atoms with E-state index < -0.39 is 15.4 Å². The first-order valence-corrected chi connectivity index (χ1v) is 12.3. The zero-order valence-electron chi connectivity index (χ0n) is 16.7. The van der Waals surface area contributed by atoms with Crippen molar-refractivity contribution in [1.29, 1.82) is 0 Å². The van der Waals surface area contributed by atoms with Crippen LogP contribution >= 0.6 is 0 Å². The Morgan fingerprint density at radius 2 is 1.93 bits per heavy atom. The molecular weight excluding hydrogens is 390 g/mol. The molecule has 3 heterocycles. The van der Waals surface area contributed by atoms with Crippen LogP contribution in [0.1, 0.15) is 38.5 Å². The summed E-state index contributed by atoms with van der Waals surface area (Å²) < 4.78 is 27.5. The van der Waals surface area contributed by atoms with Crippen LogP contribution in [-0.4, -0.2) is 66.6 Å². The van der Waals surface area contributed by atoms with Crippen LogP contribution in [0.2, 0.25) is 0 Å². The molecule has 0 spiro atoms. The van der Waals surface area contributed by atoms with Gasteiger partial charge in [0, 0.05) is 51.0 Å². The highest BCUT2D eigenvalue weighted by molar-refractivity contribution is 7.90. The zero-order valence-corrected chi connectivity index (χ0v) is 17.5. The molecule has 2 saturated carbocycles. The van der Waals surface area contributed by atoms with Crippen LogP contribution in [0.4, 0.5) is 5.95 Å². The van der Waals surface area contributed by atoms with Crippen LogP contribution in [0.15, 0.2) is 18.5 Å². The summed E-state index contributed by atoms with van der Waals surface area (Å²) in [4.78, 5) is 24.2. The average molecular weight is 420 g/mol. The standard InChI is InChI=1S/C20H29N5O3S/c26-18(23-11-15-3-4-15)20-7-1-10-25(29(27,28)17-5-6-17)13-16(20)12-24(14-20)19-21-8-2-9-22-19/h2,8-9,15-17H,1,3-7,10-14H2,(H,23,26)/t16-,20+/m1/s1. The third kappa shape index (κ3) is 3.63. The van der Waals surface area contributed by atoms with E-state index in [9.17, 15) is 13.2 Å². The Balaban J connectivity index is 1.42. The normalized spacial score (nSPS) is 30.6. The number of carbonyl (C=O) groups is 1. The van der Waals surface area contributed by atoms with Gasteiger partial charge in [-0.15, -0.1) is 0 Å². The number of sulfonamides is 1. The third-order valence-electron chi connectivity index (χ3n) is 6.99. The minimum Gasteiger partial charge on any atom is -0.355 e. The number of rotatable bonds is 6. The van der Waals surface area contributed by atoms with Gasteiger partial charge in [-0.2, -0.15) is 0 Å². The maximum atomic E-state index is 13.4. The molecule has 1 aromatic rings. The molecule has 2 aliphatic carbocycles. The Hall–Kier alpha value is -1.74. The molecule has 0 unspecified atom stereocenters. The number of carbonyl (C=O) groups excluding carboxylic acids is 1. The van der Waals surface area contributed by atoms with Gasteiger partial charge in [-0.05, 0) is 50.5 Å². The molecule has 1 aromatic heterocycles. The van der Waals surface area contributed by atoms with E-state index in [4.69, 9.17) is 0 Å². The summed E-state index contributed by atoms with van der Waals surface area (Å²) >= 11 is 0. The van der Waals surface area contributed by atoms with Crippen molar-refractivity contribution in [2.45, 2.75) is 43.8 Å². The number of fused-ring (bicyclic) bond motifs is 1. The molecule has 9 heteroatoms. The number of hydrogen-bond donors (Lipinski definition) is 1. The first-order valence-electron chi connectivity index (χ1n) is 10.8. The number of aromatic nitrogens is 2. The van der Waals surface area contributed by atoms with Gasteiger partial charge >= 0.3 is 0 Å². The summed E-state index contributed by atoms with van der Waals surface area (Å²) in [5, 5.41) is 2.98. The van der Waals surface area contributed by atoms with Gasteiger partial charge in [0.05, 0.1) is 10.7 Å². The number of hydrogen-bond acceptors (Lipinski definition) is 6. The summed E-state index contributed by atoms with van der Waals surface area (Å²) in [5.41, 5.74) is -0.581. The molecule has 2 saturated heterocycles. The summed E-state index contributed by atoms with van der Waals surface area (Å²) in [6.45, 7) is 2.83. The van der Waals surface area contributed by atoms with Crippen LogP contribution in [0, 0.1) is 17.3 Å². The second-order valence-corrected chi connectivity index (χ2v) is 11.4. The predicted molar refractivity (Wildman–Crippen MR) is 109 cm³/mol. The molecule has 1 N–H and O–H groups in total. The summed E-state index contributed by atoms with van der Waals surface area (Å²) in [5.74, 6) is 1.26. The molecule has 4 aliphatic rings. The summed E-state index contributed by atoms with van der Waals surface area (Å²) in [7, 11) is -3.25. The molecule has 29 heavy (non-hydrogen) atoms. The molecule has 8 nitrogen and oxygen atoms in total. The minimum absolute atomic E-state index is 0.0541. The van der Waals surface area contributed by atoms with E-state index in [1.165, 1.54) is 12.8 Å². The van der Waals surface area contributed by atoms with E-state index in [0.29, 0.717) is 50.9 Å². The Bertz CT molecular complexity index is 871. The van der Waals surface area contributed by atoms with Gasteiger partial charge in [0.15, 0.2) is 0 Å². The van der Waals surface area contributed by atoms with Crippen molar-refractivity contribution < 1.29 is 13.2 Å². The maximum Gasteiger partial charge on any atom is 0.228 e. The molecular formula is C20H29N5O3S. The average Bonchev–Trinajstić information content (AvgIpc) is 3.62. The van der Waals surface area contributed by atoms with E-state index >= 15 is 0 Å². The minimum atomic E-state index is -3.25. The highest BCUT2D eigenvalue weighted by Gasteiger charge is 2.55. The Labute approximate surface area is 172 Å². The van der Waals surface area contributed by atoms with E-state index in [2.05, 4.69) is 20.2 Å². The van der Waals surface area contributed by atoms with Gasteiger partial charge in [0.2, 0.25) is 21.9 Å². The van der Waals surface area contributed by atoms with Gasteiger partial charge < -0.3 is 10.2 Å². The Kier molecular flexibility index (Phi) is 4.77. The van der Waals surface area contributed by atoms with Crippen LogP contribution in [-0.2, 0) is 14.8 Å². The Morgan fingerprint density at radius 3 is 2.62 bits per heavy atom. The first-order chi connectivity index (χ1) is 14.0. The second-order valence-electron chi connectivity index (χ2n) is 9.14. The fraction of sp³-hybridized carbons (Fsp3) is 0.750. The fourth-order valence-electron chi connectivity index (χ4n) is 4.92. The van der Waals surface area contributed by atoms with Gasteiger partial charge in [-0.25, -0.2) is 22.7 Å². The van der Waals surface area contributed by atoms with E-state index in [1.807, 2.05) is 0 Å². The molecule has 2 atom stereocenters. The van der Waals surface area contributed by atoms with Crippen LogP contribution in [0.25, 0.3) is 0 Å². The third-order valence-corrected chi connectivity index (χ3v) is 9.36. The smallest absolute Gasteiger partial charge is 0.228 e. The summed E-state index contributed by atoms with van der Waals surface area (Å²) in [6, 6.07) is 1.78. The van der Waals surface area contributed by atoms with Crippen LogP contribution in [0.5, 0.6) is 0 Å². The maximum absolute atomic E-state index is 13.4. The lowest BCUT2D eigenvalue weighted by Gasteiger charge is -2.32. The molecule has 0 radical (unpaired) electrons. The quantitative estimate of drug-likeness (QED) is 0.740.